The number of hydrogen-bond acceptors (Lipinski definition) is 3. The van der Waals surface area contributed by atoms with Gasteiger partial charge in [-0.2, -0.15) is 0 Å². The van der Waals surface area contributed by atoms with E-state index in [9.17, 15) is 13.6 Å². The first kappa shape index (κ1) is 15.9. The van der Waals surface area contributed by atoms with Gasteiger partial charge in [0.05, 0.1) is 13.5 Å². The van der Waals surface area contributed by atoms with Crippen molar-refractivity contribution in [2.24, 2.45) is 11.1 Å². The van der Waals surface area contributed by atoms with Gasteiger partial charge in [-0.3, -0.25) is 4.79 Å². The molecule has 0 radical (unpaired) electrons. The Labute approximate surface area is 123 Å². The zero-order valence-electron chi connectivity index (χ0n) is 12.2. The Kier molecular flexibility index (Phi) is 4.93. The molecule has 1 aromatic rings. The fraction of sp³-hybridized carbons (Fsp3) is 0.562. The number of nitrogens with two attached hydrogens (primary N) is 1. The number of carbonyl (C=O) groups excluding carboxylic acids is 1. The van der Waals surface area contributed by atoms with Gasteiger partial charge in [-0.1, -0.05) is 18.9 Å². The molecule has 2 N–H and O–H groups in total. The number of benzene rings is 1. The first-order valence-corrected chi connectivity index (χ1v) is 7.23. The Balaban J connectivity index is 2.14. The SMILES string of the molecule is COC(=O)CC1(CC(N)c2ccc(F)cc2F)CCCC1. The Morgan fingerprint density at radius 2 is 2.05 bits per heavy atom. The van der Waals surface area contributed by atoms with Crippen LogP contribution in [0, 0.1) is 17.0 Å². The smallest absolute Gasteiger partial charge is 0.306 e. The van der Waals surface area contributed by atoms with E-state index >= 15 is 0 Å². The minimum Gasteiger partial charge on any atom is -0.469 e. The number of esters is 1. The molecular formula is C16H21F2NO2. The lowest BCUT2D eigenvalue weighted by Gasteiger charge is -2.31. The molecule has 0 heterocycles. The van der Waals surface area contributed by atoms with E-state index in [0.717, 1.165) is 31.7 Å². The molecule has 0 bridgehead atoms. The van der Waals surface area contributed by atoms with E-state index in [1.807, 2.05) is 0 Å². The summed E-state index contributed by atoms with van der Waals surface area (Å²) in [5, 5.41) is 0. The second-order valence-corrected chi connectivity index (χ2v) is 5.94. The summed E-state index contributed by atoms with van der Waals surface area (Å²) < 4.78 is 31.5. The van der Waals surface area contributed by atoms with Crippen LogP contribution in [0.1, 0.15) is 50.1 Å². The standard InChI is InChI=1S/C16H21F2NO2/c1-21-15(20)10-16(6-2-3-7-16)9-14(19)12-5-4-11(17)8-13(12)18/h4-5,8,14H,2-3,6-7,9-10,19H2,1H3. The molecule has 0 saturated heterocycles. The van der Waals surface area contributed by atoms with Gasteiger partial charge in [0.2, 0.25) is 0 Å². The zero-order chi connectivity index (χ0) is 15.5. The van der Waals surface area contributed by atoms with E-state index in [0.29, 0.717) is 18.4 Å². The predicted molar refractivity (Wildman–Crippen MR) is 75.4 cm³/mol. The summed E-state index contributed by atoms with van der Waals surface area (Å²) in [6.07, 6.45) is 4.66. The van der Waals surface area contributed by atoms with Crippen molar-refractivity contribution in [3.05, 3.63) is 35.4 Å². The molecule has 0 aliphatic heterocycles. The van der Waals surface area contributed by atoms with Crippen LogP contribution in [0.2, 0.25) is 0 Å². The second-order valence-electron chi connectivity index (χ2n) is 5.94. The Bertz CT molecular complexity index is 513. The lowest BCUT2D eigenvalue weighted by molar-refractivity contribution is -0.143. The maximum absolute atomic E-state index is 13.8. The van der Waals surface area contributed by atoms with Crippen LogP contribution in [0.15, 0.2) is 18.2 Å². The number of hydrogen-bond donors (Lipinski definition) is 1. The topological polar surface area (TPSA) is 52.3 Å². The van der Waals surface area contributed by atoms with Crippen molar-refractivity contribution in [2.75, 3.05) is 7.11 Å². The highest BCUT2D eigenvalue weighted by molar-refractivity contribution is 5.70. The van der Waals surface area contributed by atoms with Crippen molar-refractivity contribution < 1.29 is 18.3 Å². The molecule has 5 heteroatoms. The molecule has 116 valence electrons. The molecule has 1 aliphatic carbocycles. The van der Waals surface area contributed by atoms with Crippen molar-refractivity contribution >= 4 is 5.97 Å². The molecule has 21 heavy (non-hydrogen) atoms. The van der Waals surface area contributed by atoms with Gasteiger partial charge < -0.3 is 10.5 Å². The molecule has 1 aromatic carbocycles. The van der Waals surface area contributed by atoms with E-state index in [2.05, 4.69) is 0 Å². The van der Waals surface area contributed by atoms with E-state index in [1.54, 1.807) is 0 Å². The van der Waals surface area contributed by atoms with E-state index in [-0.39, 0.29) is 11.4 Å². The lowest BCUT2D eigenvalue weighted by atomic mass is 9.76. The highest BCUT2D eigenvalue weighted by Gasteiger charge is 2.38. The van der Waals surface area contributed by atoms with E-state index < -0.39 is 17.7 Å². The fourth-order valence-corrected chi connectivity index (χ4v) is 3.34. The first-order chi connectivity index (χ1) is 9.96. The van der Waals surface area contributed by atoms with Gasteiger partial charge in [0.25, 0.3) is 0 Å². The molecule has 0 aromatic heterocycles. The van der Waals surface area contributed by atoms with Crippen LogP contribution in [0.3, 0.4) is 0 Å². The Hall–Kier alpha value is -1.49. The summed E-state index contributed by atoms with van der Waals surface area (Å²) >= 11 is 0. The lowest BCUT2D eigenvalue weighted by Crippen LogP contribution is -2.28. The monoisotopic (exact) mass is 297 g/mol. The summed E-state index contributed by atoms with van der Waals surface area (Å²) in [6.45, 7) is 0. The van der Waals surface area contributed by atoms with Crippen molar-refractivity contribution in [3.63, 3.8) is 0 Å². The van der Waals surface area contributed by atoms with Crippen molar-refractivity contribution in [2.45, 2.75) is 44.6 Å². The minimum absolute atomic E-state index is 0.229. The average Bonchev–Trinajstić information content (AvgIpc) is 2.86. The maximum Gasteiger partial charge on any atom is 0.306 e. The quantitative estimate of drug-likeness (QED) is 0.847. The number of rotatable bonds is 5. The van der Waals surface area contributed by atoms with Crippen LogP contribution in [0.4, 0.5) is 8.78 Å². The molecule has 0 amide bonds. The average molecular weight is 297 g/mol. The van der Waals surface area contributed by atoms with Crippen molar-refractivity contribution in [1.29, 1.82) is 0 Å². The Morgan fingerprint density at radius 3 is 2.62 bits per heavy atom. The highest BCUT2D eigenvalue weighted by Crippen LogP contribution is 2.47. The van der Waals surface area contributed by atoms with Gasteiger partial charge in [0, 0.05) is 17.7 Å². The third-order valence-electron chi connectivity index (χ3n) is 4.43. The van der Waals surface area contributed by atoms with Crippen molar-refractivity contribution in [3.8, 4) is 0 Å². The second kappa shape index (κ2) is 6.52. The summed E-state index contributed by atoms with van der Waals surface area (Å²) in [7, 11) is 1.37. The van der Waals surface area contributed by atoms with Crippen molar-refractivity contribution in [1.82, 2.24) is 0 Å². The van der Waals surface area contributed by atoms with Crippen LogP contribution in [-0.4, -0.2) is 13.1 Å². The molecular weight excluding hydrogens is 276 g/mol. The highest BCUT2D eigenvalue weighted by atomic mass is 19.1. The van der Waals surface area contributed by atoms with Crippen LogP contribution in [-0.2, 0) is 9.53 Å². The third kappa shape index (κ3) is 3.79. The van der Waals surface area contributed by atoms with Crippen LogP contribution >= 0.6 is 0 Å². The number of ether oxygens (including phenoxy) is 1. The summed E-state index contributed by atoms with van der Waals surface area (Å²) in [6, 6.07) is 2.89. The molecule has 1 aliphatic rings. The summed E-state index contributed by atoms with van der Waals surface area (Å²) in [4.78, 5) is 11.6. The summed E-state index contributed by atoms with van der Waals surface area (Å²) in [5.41, 5.74) is 6.18. The van der Waals surface area contributed by atoms with Crippen LogP contribution in [0.25, 0.3) is 0 Å². The number of halogens is 2. The molecule has 3 nitrogen and oxygen atoms in total. The van der Waals surface area contributed by atoms with Crippen LogP contribution < -0.4 is 5.73 Å². The van der Waals surface area contributed by atoms with Gasteiger partial charge in [-0.05, 0) is 30.7 Å². The van der Waals surface area contributed by atoms with Gasteiger partial charge in [-0.25, -0.2) is 8.78 Å². The summed E-state index contributed by atoms with van der Waals surface area (Å²) in [5.74, 6) is -1.51. The largest absolute Gasteiger partial charge is 0.469 e. The molecule has 1 saturated carbocycles. The number of carbonyl (C=O) groups is 1. The first-order valence-electron chi connectivity index (χ1n) is 7.23. The van der Waals surface area contributed by atoms with Gasteiger partial charge >= 0.3 is 5.97 Å². The van der Waals surface area contributed by atoms with Gasteiger partial charge in [-0.15, -0.1) is 0 Å². The molecule has 0 spiro atoms. The van der Waals surface area contributed by atoms with E-state index in [4.69, 9.17) is 10.5 Å². The molecule has 2 rings (SSSR count). The molecule has 1 fully saturated rings. The molecule has 1 atom stereocenters. The van der Waals surface area contributed by atoms with Gasteiger partial charge in [0.1, 0.15) is 11.6 Å². The van der Waals surface area contributed by atoms with Gasteiger partial charge in [0.15, 0.2) is 0 Å². The zero-order valence-corrected chi connectivity index (χ0v) is 12.2. The van der Waals surface area contributed by atoms with Crippen LogP contribution in [0.5, 0.6) is 0 Å². The predicted octanol–water partition coefficient (Wildman–Crippen LogP) is 3.48. The molecule has 1 unspecified atom stereocenters. The minimum atomic E-state index is -0.631. The number of methoxy groups -OCH3 is 1. The fourth-order valence-electron chi connectivity index (χ4n) is 3.34. The third-order valence-corrected chi connectivity index (χ3v) is 4.43. The van der Waals surface area contributed by atoms with E-state index in [1.165, 1.54) is 19.2 Å². The maximum atomic E-state index is 13.8. The normalized spacial score (nSPS) is 18.5. The Morgan fingerprint density at radius 1 is 1.38 bits per heavy atom.